The lowest BCUT2D eigenvalue weighted by molar-refractivity contribution is -0.157. The first-order valence-electron chi connectivity index (χ1n) is 12.1. The number of nitrogens with two attached hydrogens (primary N) is 1. The van der Waals surface area contributed by atoms with Gasteiger partial charge in [0.15, 0.2) is 0 Å². The van der Waals surface area contributed by atoms with E-state index in [4.69, 9.17) is 10.5 Å². The number of carboxylic acid groups (broad SMARTS) is 1. The molecule has 0 saturated carbocycles. The number of carbonyl (C=O) groups is 5. The lowest BCUT2D eigenvalue weighted by Crippen LogP contribution is -2.48. The summed E-state index contributed by atoms with van der Waals surface area (Å²) in [4.78, 5) is 60.8. The van der Waals surface area contributed by atoms with E-state index in [0.29, 0.717) is 0 Å². The summed E-state index contributed by atoms with van der Waals surface area (Å²) in [6.07, 6.45) is 3.46. The molecule has 0 fully saturated rings. The molecule has 0 bridgehead atoms. The molecule has 1 rings (SSSR count). The molecule has 0 aliphatic carbocycles. The summed E-state index contributed by atoms with van der Waals surface area (Å²) in [5.74, 6) is -5.26. The average molecular weight is 516 g/mol. The Morgan fingerprint density at radius 3 is 2.19 bits per heavy atom. The number of nitrogens with one attached hydrogen (secondary N) is 2. The van der Waals surface area contributed by atoms with Crippen molar-refractivity contribution in [2.75, 3.05) is 0 Å². The molecule has 0 saturated heterocycles. The lowest BCUT2D eigenvalue weighted by atomic mass is 9.93. The maximum atomic E-state index is 13.2. The third kappa shape index (κ3) is 10.7. The molecule has 1 aromatic carbocycles. The average Bonchev–Trinajstić information content (AvgIpc) is 2.87. The van der Waals surface area contributed by atoms with Gasteiger partial charge in [-0.25, -0.2) is 9.59 Å². The predicted octanol–water partition coefficient (Wildman–Crippen LogP) is 2.20. The summed E-state index contributed by atoms with van der Waals surface area (Å²) < 4.78 is 5.55. The summed E-state index contributed by atoms with van der Waals surface area (Å²) in [5.41, 5.74) is 6.74. The van der Waals surface area contributed by atoms with E-state index in [1.807, 2.05) is 50.3 Å². The van der Waals surface area contributed by atoms with Crippen LogP contribution in [0.5, 0.6) is 0 Å². The lowest BCUT2D eigenvalue weighted by Gasteiger charge is -2.27. The van der Waals surface area contributed by atoms with Gasteiger partial charge in [0.05, 0.1) is 5.92 Å². The van der Waals surface area contributed by atoms with Crippen LogP contribution in [0, 0.1) is 5.92 Å². The first-order valence-corrected chi connectivity index (χ1v) is 12.1. The van der Waals surface area contributed by atoms with E-state index in [1.165, 1.54) is 19.9 Å². The number of aliphatic carboxylic acids is 1. The maximum absolute atomic E-state index is 13.2. The predicted molar refractivity (Wildman–Crippen MR) is 138 cm³/mol. The Bertz CT molecular complexity index is 1020. The Balaban J connectivity index is 3.00. The molecule has 0 radical (unpaired) electrons. The summed E-state index contributed by atoms with van der Waals surface area (Å²) in [5, 5.41) is 14.4. The second-order valence-corrected chi connectivity index (χ2v) is 8.89. The summed E-state index contributed by atoms with van der Waals surface area (Å²) >= 11 is 0. The van der Waals surface area contributed by atoms with E-state index in [1.54, 1.807) is 13.0 Å². The van der Waals surface area contributed by atoms with E-state index in [9.17, 15) is 29.1 Å². The van der Waals surface area contributed by atoms with Crippen LogP contribution in [0.25, 0.3) is 0 Å². The minimum atomic E-state index is -1.32. The smallest absolute Gasteiger partial charge is 0.329 e. The number of amides is 3. The molecule has 0 heterocycles. The van der Waals surface area contributed by atoms with Crippen LogP contribution < -0.4 is 16.4 Å². The van der Waals surface area contributed by atoms with Crippen LogP contribution in [-0.4, -0.2) is 53.0 Å². The molecular weight excluding hydrogens is 478 g/mol. The van der Waals surface area contributed by atoms with Crippen molar-refractivity contribution in [2.24, 2.45) is 11.7 Å². The Hall–Kier alpha value is -3.95. The maximum Gasteiger partial charge on any atom is 0.329 e. The number of ether oxygens (including phenoxy) is 1. The molecule has 3 amide bonds. The number of carboxylic acids is 1. The summed E-state index contributed by atoms with van der Waals surface area (Å²) in [7, 11) is 0. The monoisotopic (exact) mass is 515 g/mol. The SMILES string of the molecule is C/C=C(C)/C=C/C(=O)NC(C(=O)OC(C)C(C)C(=O)NC(CCC(N)=O)C(=O)O)C(C)c1ccccc1. The van der Waals surface area contributed by atoms with Crippen molar-refractivity contribution in [3.05, 3.63) is 59.7 Å². The first kappa shape index (κ1) is 31.1. The van der Waals surface area contributed by atoms with Crippen molar-refractivity contribution in [1.29, 1.82) is 0 Å². The topological polar surface area (TPSA) is 165 Å². The minimum Gasteiger partial charge on any atom is -0.480 e. The Labute approximate surface area is 217 Å². The fraction of sp³-hybridized carbons (Fsp3) is 0.444. The van der Waals surface area contributed by atoms with Crippen molar-refractivity contribution in [3.8, 4) is 0 Å². The van der Waals surface area contributed by atoms with Gasteiger partial charge in [0.2, 0.25) is 17.7 Å². The van der Waals surface area contributed by atoms with Gasteiger partial charge >= 0.3 is 11.9 Å². The molecule has 37 heavy (non-hydrogen) atoms. The van der Waals surface area contributed by atoms with Crippen molar-refractivity contribution < 1.29 is 33.8 Å². The number of allylic oxidation sites excluding steroid dienone is 3. The fourth-order valence-electron chi connectivity index (χ4n) is 3.26. The third-order valence-electron chi connectivity index (χ3n) is 6.04. The normalized spacial score (nSPS) is 15.6. The van der Waals surface area contributed by atoms with Gasteiger partial charge in [-0.05, 0) is 32.8 Å². The summed E-state index contributed by atoms with van der Waals surface area (Å²) in [6.45, 7) is 8.43. The zero-order chi connectivity index (χ0) is 28.1. The molecule has 0 aliphatic rings. The summed E-state index contributed by atoms with van der Waals surface area (Å²) in [6, 6.07) is 6.76. The molecule has 202 valence electrons. The number of benzene rings is 1. The van der Waals surface area contributed by atoms with Crippen LogP contribution in [0.3, 0.4) is 0 Å². The quantitative estimate of drug-likeness (QED) is 0.167. The van der Waals surface area contributed by atoms with E-state index in [-0.39, 0.29) is 12.8 Å². The first-order chi connectivity index (χ1) is 17.4. The largest absolute Gasteiger partial charge is 0.480 e. The minimum absolute atomic E-state index is 0.166. The number of rotatable bonds is 14. The highest BCUT2D eigenvalue weighted by molar-refractivity contribution is 5.92. The Morgan fingerprint density at radius 1 is 1.03 bits per heavy atom. The van der Waals surface area contributed by atoms with Gasteiger partial charge in [0, 0.05) is 18.4 Å². The van der Waals surface area contributed by atoms with Crippen molar-refractivity contribution in [1.82, 2.24) is 10.6 Å². The van der Waals surface area contributed by atoms with Crippen molar-refractivity contribution in [3.63, 3.8) is 0 Å². The van der Waals surface area contributed by atoms with Gasteiger partial charge in [-0.3, -0.25) is 14.4 Å². The Kier molecular flexibility index (Phi) is 12.8. The highest BCUT2D eigenvalue weighted by Gasteiger charge is 2.33. The molecule has 10 heteroatoms. The molecule has 0 spiro atoms. The van der Waals surface area contributed by atoms with Gasteiger partial charge in [0.1, 0.15) is 18.2 Å². The second kappa shape index (κ2) is 15.2. The van der Waals surface area contributed by atoms with Gasteiger partial charge in [0.25, 0.3) is 0 Å². The van der Waals surface area contributed by atoms with E-state index >= 15 is 0 Å². The molecular formula is C27H37N3O7. The van der Waals surface area contributed by atoms with Crippen LogP contribution in [0.15, 0.2) is 54.1 Å². The number of esters is 1. The van der Waals surface area contributed by atoms with Gasteiger partial charge in [-0.2, -0.15) is 0 Å². The van der Waals surface area contributed by atoms with E-state index in [2.05, 4.69) is 10.6 Å². The standard InChI is InChI=1S/C27H37N3O7/c1-6-16(2)12-15-23(32)30-24(18(4)20-10-8-7-9-11-20)27(36)37-19(5)17(3)25(33)29-21(26(34)35)13-14-22(28)31/h6-12,15,17-19,21,24H,13-14H2,1-5H3,(H2,28,31)(H,29,33)(H,30,32)(H,34,35)/b15-12+,16-6+. The highest BCUT2D eigenvalue weighted by Crippen LogP contribution is 2.21. The number of hydrogen-bond acceptors (Lipinski definition) is 6. The molecule has 0 aromatic heterocycles. The zero-order valence-corrected chi connectivity index (χ0v) is 21.9. The zero-order valence-electron chi connectivity index (χ0n) is 21.9. The van der Waals surface area contributed by atoms with Crippen LogP contribution in [0.4, 0.5) is 0 Å². The van der Waals surface area contributed by atoms with Crippen molar-refractivity contribution in [2.45, 2.75) is 71.6 Å². The molecule has 5 atom stereocenters. The van der Waals surface area contributed by atoms with Crippen LogP contribution in [-0.2, 0) is 28.7 Å². The van der Waals surface area contributed by atoms with Crippen LogP contribution in [0.2, 0.25) is 0 Å². The highest BCUT2D eigenvalue weighted by atomic mass is 16.5. The molecule has 0 aliphatic heterocycles. The fourth-order valence-corrected chi connectivity index (χ4v) is 3.26. The van der Waals surface area contributed by atoms with Gasteiger partial charge in [-0.1, -0.05) is 61.9 Å². The van der Waals surface area contributed by atoms with Gasteiger partial charge < -0.3 is 26.2 Å². The van der Waals surface area contributed by atoms with E-state index < -0.39 is 59.7 Å². The van der Waals surface area contributed by atoms with E-state index in [0.717, 1.165) is 11.1 Å². The second-order valence-electron chi connectivity index (χ2n) is 8.89. The number of carbonyl (C=O) groups excluding carboxylic acids is 4. The molecule has 10 nitrogen and oxygen atoms in total. The number of primary amides is 1. The van der Waals surface area contributed by atoms with Crippen LogP contribution in [0.1, 0.15) is 58.9 Å². The molecule has 5 unspecified atom stereocenters. The van der Waals surface area contributed by atoms with Crippen LogP contribution >= 0.6 is 0 Å². The van der Waals surface area contributed by atoms with Gasteiger partial charge in [-0.15, -0.1) is 0 Å². The number of hydrogen-bond donors (Lipinski definition) is 4. The Morgan fingerprint density at radius 2 is 1.65 bits per heavy atom. The van der Waals surface area contributed by atoms with Crippen molar-refractivity contribution >= 4 is 29.7 Å². The molecule has 5 N–H and O–H groups in total. The molecule has 1 aromatic rings. The third-order valence-corrected chi connectivity index (χ3v) is 6.04.